The summed E-state index contributed by atoms with van der Waals surface area (Å²) in [6.45, 7) is 2.09. The summed E-state index contributed by atoms with van der Waals surface area (Å²) in [5.41, 5.74) is 6.04. The van der Waals surface area contributed by atoms with Crippen molar-refractivity contribution >= 4 is 5.82 Å². The van der Waals surface area contributed by atoms with Crippen LogP contribution in [-0.2, 0) is 0 Å². The number of rotatable bonds is 1. The van der Waals surface area contributed by atoms with Crippen molar-refractivity contribution in [3.63, 3.8) is 0 Å². The Balaban J connectivity index is 2.66. The second kappa shape index (κ2) is 4.35. The molecule has 0 saturated carbocycles. The van der Waals surface area contributed by atoms with Gasteiger partial charge >= 0.3 is 0 Å². The van der Waals surface area contributed by atoms with Gasteiger partial charge < -0.3 is 5.73 Å². The van der Waals surface area contributed by atoms with Crippen molar-refractivity contribution in [2.24, 2.45) is 0 Å². The Bertz CT molecular complexity index is 292. The van der Waals surface area contributed by atoms with E-state index in [4.69, 9.17) is 5.73 Å². The topological polar surface area (TPSA) is 51.8 Å². The molecule has 0 radical (unpaired) electrons. The maximum atomic E-state index is 5.36. The Kier molecular flexibility index (Phi) is 3.09. The molecule has 0 aliphatic carbocycles. The van der Waals surface area contributed by atoms with Crippen molar-refractivity contribution in [3.8, 4) is 11.8 Å². The minimum Gasteiger partial charge on any atom is -0.382 e. The van der Waals surface area contributed by atoms with Gasteiger partial charge in [0.15, 0.2) is 0 Å². The molecular weight excluding hydrogens is 150 g/mol. The second-order valence-corrected chi connectivity index (χ2v) is 2.40. The number of hydrogen-bond donors (Lipinski definition) is 1. The molecule has 0 amide bonds. The van der Waals surface area contributed by atoms with Crippen molar-refractivity contribution in [3.05, 3.63) is 17.8 Å². The number of nitrogens with zero attached hydrogens (tertiary/aromatic N) is 2. The fraction of sp³-hybridized carbons (Fsp3) is 0.333. The first kappa shape index (κ1) is 8.54. The van der Waals surface area contributed by atoms with Crippen LogP contribution in [0.3, 0.4) is 0 Å². The molecule has 0 bridgehead atoms. The lowest BCUT2D eigenvalue weighted by Gasteiger charge is -1.88. The first-order chi connectivity index (χ1) is 5.83. The highest BCUT2D eigenvalue weighted by Gasteiger charge is 1.87. The zero-order valence-corrected chi connectivity index (χ0v) is 7.04. The number of unbranched alkanes of at least 4 members (excludes halogenated alkanes) is 1. The van der Waals surface area contributed by atoms with E-state index >= 15 is 0 Å². The van der Waals surface area contributed by atoms with E-state index in [1.165, 1.54) is 0 Å². The van der Waals surface area contributed by atoms with Gasteiger partial charge in [-0.3, -0.25) is 0 Å². The lowest BCUT2D eigenvalue weighted by atomic mass is 10.3. The van der Waals surface area contributed by atoms with E-state index in [1.54, 1.807) is 12.1 Å². The molecule has 3 heteroatoms. The third-order valence-electron chi connectivity index (χ3n) is 1.28. The molecule has 0 aliphatic rings. The Morgan fingerprint density at radius 1 is 1.42 bits per heavy atom. The van der Waals surface area contributed by atoms with Crippen LogP contribution in [0.4, 0.5) is 5.82 Å². The second-order valence-electron chi connectivity index (χ2n) is 2.40. The predicted octanol–water partition coefficient (Wildman–Crippen LogP) is 1.21. The minimum absolute atomic E-state index is 0.427. The molecule has 1 aromatic heterocycles. The molecule has 1 aromatic rings. The van der Waals surface area contributed by atoms with Gasteiger partial charge in [0.25, 0.3) is 0 Å². The quantitative estimate of drug-likeness (QED) is 0.630. The summed E-state index contributed by atoms with van der Waals surface area (Å²) < 4.78 is 0. The van der Waals surface area contributed by atoms with Gasteiger partial charge in [-0.05, 0) is 24.5 Å². The molecular formula is C9H11N3. The van der Waals surface area contributed by atoms with Crippen LogP contribution in [-0.4, -0.2) is 10.2 Å². The van der Waals surface area contributed by atoms with Gasteiger partial charge in [0, 0.05) is 6.42 Å². The molecule has 0 aliphatic heterocycles. The standard InChI is InChI=1S/C9H11N3/c1-2-3-4-5-8-6-7-9(10)12-11-8/h6-7H,2-3H2,1H3,(H2,10,12). The summed E-state index contributed by atoms with van der Waals surface area (Å²) >= 11 is 0. The van der Waals surface area contributed by atoms with Crippen LogP contribution in [0, 0.1) is 11.8 Å². The van der Waals surface area contributed by atoms with E-state index in [9.17, 15) is 0 Å². The van der Waals surface area contributed by atoms with E-state index in [1.807, 2.05) is 0 Å². The average molecular weight is 161 g/mol. The lowest BCUT2D eigenvalue weighted by molar-refractivity contribution is 0.980. The average Bonchev–Trinajstić information content (AvgIpc) is 2.09. The Labute approximate surface area is 72.0 Å². The summed E-state index contributed by atoms with van der Waals surface area (Å²) in [6.07, 6.45) is 1.96. The molecule has 1 heterocycles. The van der Waals surface area contributed by atoms with Crippen LogP contribution >= 0.6 is 0 Å². The molecule has 0 fully saturated rings. The summed E-state index contributed by atoms with van der Waals surface area (Å²) in [4.78, 5) is 0. The summed E-state index contributed by atoms with van der Waals surface area (Å²) in [6, 6.07) is 3.47. The maximum absolute atomic E-state index is 5.36. The number of aromatic nitrogens is 2. The van der Waals surface area contributed by atoms with E-state index < -0.39 is 0 Å². The van der Waals surface area contributed by atoms with Gasteiger partial charge in [0.1, 0.15) is 11.5 Å². The first-order valence-electron chi connectivity index (χ1n) is 3.91. The van der Waals surface area contributed by atoms with E-state index in [0.29, 0.717) is 11.5 Å². The van der Waals surface area contributed by atoms with Crippen LogP contribution in [0.2, 0.25) is 0 Å². The Hall–Kier alpha value is -1.56. The molecule has 0 saturated heterocycles. The molecule has 0 spiro atoms. The van der Waals surface area contributed by atoms with E-state index in [-0.39, 0.29) is 0 Å². The smallest absolute Gasteiger partial charge is 0.146 e. The largest absolute Gasteiger partial charge is 0.382 e. The monoisotopic (exact) mass is 161 g/mol. The van der Waals surface area contributed by atoms with Crippen molar-refractivity contribution in [2.75, 3.05) is 5.73 Å². The molecule has 12 heavy (non-hydrogen) atoms. The Morgan fingerprint density at radius 2 is 2.25 bits per heavy atom. The highest BCUT2D eigenvalue weighted by atomic mass is 15.1. The van der Waals surface area contributed by atoms with Crippen LogP contribution in [0.5, 0.6) is 0 Å². The molecule has 0 unspecified atom stereocenters. The highest BCUT2D eigenvalue weighted by molar-refractivity contribution is 5.32. The van der Waals surface area contributed by atoms with E-state index in [0.717, 1.165) is 12.8 Å². The maximum Gasteiger partial charge on any atom is 0.146 e. The van der Waals surface area contributed by atoms with Gasteiger partial charge in [0.2, 0.25) is 0 Å². The normalized spacial score (nSPS) is 8.75. The fourth-order valence-electron chi connectivity index (χ4n) is 0.687. The molecule has 1 rings (SSSR count). The molecule has 3 nitrogen and oxygen atoms in total. The number of nitrogen functional groups attached to an aromatic ring is 1. The molecule has 0 atom stereocenters. The van der Waals surface area contributed by atoms with Crippen LogP contribution in [0.15, 0.2) is 12.1 Å². The molecule has 62 valence electrons. The first-order valence-corrected chi connectivity index (χ1v) is 3.91. The SMILES string of the molecule is CCCC#Cc1ccc(N)nn1. The van der Waals surface area contributed by atoms with Gasteiger partial charge in [0.05, 0.1) is 0 Å². The predicted molar refractivity (Wildman–Crippen MR) is 48.2 cm³/mol. The van der Waals surface area contributed by atoms with Crippen molar-refractivity contribution in [1.29, 1.82) is 0 Å². The zero-order valence-electron chi connectivity index (χ0n) is 7.04. The summed E-state index contributed by atoms with van der Waals surface area (Å²) in [7, 11) is 0. The van der Waals surface area contributed by atoms with Crippen molar-refractivity contribution in [1.82, 2.24) is 10.2 Å². The number of anilines is 1. The molecule has 0 aromatic carbocycles. The van der Waals surface area contributed by atoms with Gasteiger partial charge in [-0.15, -0.1) is 10.2 Å². The van der Waals surface area contributed by atoms with Crippen LogP contribution < -0.4 is 5.73 Å². The summed E-state index contributed by atoms with van der Waals surface area (Å²) in [5.74, 6) is 6.30. The van der Waals surface area contributed by atoms with Gasteiger partial charge in [-0.2, -0.15) is 0 Å². The minimum atomic E-state index is 0.427. The van der Waals surface area contributed by atoms with Crippen LogP contribution in [0.1, 0.15) is 25.5 Å². The third kappa shape index (κ3) is 2.59. The number of hydrogen-bond acceptors (Lipinski definition) is 3. The number of nitrogens with two attached hydrogens (primary N) is 1. The fourth-order valence-corrected chi connectivity index (χ4v) is 0.687. The highest BCUT2D eigenvalue weighted by Crippen LogP contribution is 1.95. The zero-order chi connectivity index (χ0) is 8.81. The van der Waals surface area contributed by atoms with Crippen molar-refractivity contribution in [2.45, 2.75) is 19.8 Å². The van der Waals surface area contributed by atoms with Gasteiger partial charge in [-0.25, -0.2) is 0 Å². The van der Waals surface area contributed by atoms with Gasteiger partial charge in [-0.1, -0.05) is 12.8 Å². The van der Waals surface area contributed by atoms with E-state index in [2.05, 4.69) is 29.0 Å². The van der Waals surface area contributed by atoms with Crippen molar-refractivity contribution < 1.29 is 0 Å². The molecule has 2 N–H and O–H groups in total. The third-order valence-corrected chi connectivity index (χ3v) is 1.28. The lowest BCUT2D eigenvalue weighted by Crippen LogP contribution is -1.93. The Morgan fingerprint density at radius 3 is 2.83 bits per heavy atom. The summed E-state index contributed by atoms with van der Waals surface area (Å²) in [5, 5.41) is 7.48. The van der Waals surface area contributed by atoms with Crippen LogP contribution in [0.25, 0.3) is 0 Å².